The lowest BCUT2D eigenvalue weighted by Gasteiger charge is -2.46. The predicted molar refractivity (Wildman–Crippen MR) is 120 cm³/mol. The number of amides is 1. The van der Waals surface area contributed by atoms with Gasteiger partial charge in [-0.15, -0.1) is 0 Å². The minimum atomic E-state index is -1.34. The summed E-state index contributed by atoms with van der Waals surface area (Å²) in [5.74, 6) is -3.91. The van der Waals surface area contributed by atoms with Crippen LogP contribution >= 0.6 is 0 Å². The summed E-state index contributed by atoms with van der Waals surface area (Å²) in [5.41, 5.74) is 0.882. The van der Waals surface area contributed by atoms with Crippen LogP contribution in [0.25, 0.3) is 0 Å². The minimum absolute atomic E-state index is 0.0770. The molecule has 2 aromatic rings. The number of benzene rings is 2. The number of hydroxylamine groups is 1. The highest BCUT2D eigenvalue weighted by Crippen LogP contribution is 2.31. The number of nitrogens with one attached hydrogen (secondary N) is 2. The second-order valence-electron chi connectivity index (χ2n) is 7.75. The van der Waals surface area contributed by atoms with Crippen LogP contribution < -0.4 is 10.8 Å². The van der Waals surface area contributed by atoms with Crippen LogP contribution in [0.4, 0.5) is 24.5 Å². The lowest BCUT2D eigenvalue weighted by molar-refractivity contribution is -0.114. The van der Waals surface area contributed by atoms with E-state index in [0.717, 1.165) is 12.1 Å². The van der Waals surface area contributed by atoms with Crippen molar-refractivity contribution in [3.8, 4) is 0 Å². The number of aliphatic hydroxyl groups excluding tert-OH is 2. The van der Waals surface area contributed by atoms with Crippen LogP contribution in [0.2, 0.25) is 0 Å². The van der Waals surface area contributed by atoms with E-state index in [2.05, 4.69) is 10.8 Å². The number of carbonyl (C=O) groups is 1. The fraction of sp³-hybridized carbons (Fsp3) is 0.435. The molecule has 1 saturated heterocycles. The Labute approximate surface area is 195 Å². The van der Waals surface area contributed by atoms with Crippen LogP contribution in [0, 0.1) is 24.4 Å². The molecule has 188 valence electrons. The molecule has 0 radical (unpaired) electrons. The number of rotatable bonds is 9. The van der Waals surface area contributed by atoms with Gasteiger partial charge in [0.2, 0.25) is 0 Å². The summed E-state index contributed by atoms with van der Waals surface area (Å²) in [6.07, 6.45) is -1.07. The van der Waals surface area contributed by atoms with E-state index in [9.17, 15) is 28.2 Å². The maximum atomic E-state index is 14.5. The van der Waals surface area contributed by atoms with E-state index >= 15 is 0 Å². The van der Waals surface area contributed by atoms with E-state index in [1.54, 1.807) is 13.0 Å². The van der Waals surface area contributed by atoms with E-state index in [0.29, 0.717) is 5.56 Å². The number of β-amino-alcohol motifs (C(OH)–C–C–N with tert-alkyl or cyclic N) is 1. The topological polar surface area (TPSA) is 114 Å². The van der Waals surface area contributed by atoms with Gasteiger partial charge in [0, 0.05) is 0 Å². The van der Waals surface area contributed by atoms with E-state index in [1.165, 1.54) is 17.0 Å². The lowest BCUT2D eigenvalue weighted by Crippen LogP contribution is -2.67. The average molecular weight is 486 g/mol. The lowest BCUT2D eigenvalue weighted by atomic mass is 9.93. The van der Waals surface area contributed by atoms with Crippen molar-refractivity contribution < 1.29 is 38.1 Å². The summed E-state index contributed by atoms with van der Waals surface area (Å²) < 4.78 is 42.6. The third-order valence-corrected chi connectivity index (χ3v) is 4.96. The number of anilines is 2. The van der Waals surface area contributed by atoms with Gasteiger partial charge in [0.1, 0.15) is 17.5 Å². The standard InChI is InChI=1S/C21H24F3N3O5.C2H6/c1-12-2-5-17(16(23)6-12)26-19-14(3-4-15(22)18(19)24)20(30)27-10-21(31,11-27)9-25-32-8-13(29)7-28;1-2/h2-6,13,25-26,28-29,31H,7-11H2,1H3;1-2H3. The Morgan fingerprint density at radius 1 is 1.18 bits per heavy atom. The quantitative estimate of drug-likeness (QED) is 0.273. The highest BCUT2D eigenvalue weighted by molar-refractivity contribution is 6.01. The summed E-state index contributed by atoms with van der Waals surface area (Å²) in [7, 11) is 0. The molecule has 1 atom stereocenters. The van der Waals surface area contributed by atoms with Crippen LogP contribution in [0.3, 0.4) is 0 Å². The first-order chi connectivity index (χ1) is 16.1. The van der Waals surface area contributed by atoms with Crippen molar-refractivity contribution in [1.29, 1.82) is 0 Å². The Morgan fingerprint density at radius 3 is 2.47 bits per heavy atom. The third-order valence-electron chi connectivity index (χ3n) is 4.96. The number of halogens is 3. The fourth-order valence-electron chi connectivity index (χ4n) is 3.19. The average Bonchev–Trinajstić information content (AvgIpc) is 2.80. The first kappa shape index (κ1) is 27.5. The zero-order valence-electron chi connectivity index (χ0n) is 19.2. The van der Waals surface area contributed by atoms with Gasteiger partial charge in [-0.2, -0.15) is 5.48 Å². The SMILES string of the molecule is CC.Cc1ccc(Nc2c(C(=O)N3CC(O)(CNOCC(O)CO)C3)ccc(F)c2F)c(F)c1. The molecule has 3 rings (SSSR count). The Kier molecular flexibility index (Phi) is 9.83. The maximum absolute atomic E-state index is 14.5. The molecule has 0 aromatic heterocycles. The number of hydrogen-bond donors (Lipinski definition) is 5. The first-order valence-corrected chi connectivity index (χ1v) is 10.8. The molecule has 1 aliphatic heterocycles. The summed E-state index contributed by atoms with van der Waals surface area (Å²) >= 11 is 0. The van der Waals surface area contributed by atoms with E-state index in [1.807, 2.05) is 13.8 Å². The Morgan fingerprint density at radius 2 is 1.85 bits per heavy atom. The van der Waals surface area contributed by atoms with Gasteiger partial charge in [0.05, 0.1) is 49.8 Å². The number of nitrogens with zero attached hydrogens (tertiary/aromatic N) is 1. The monoisotopic (exact) mass is 485 g/mol. The Hall–Kier alpha value is -2.70. The minimum Gasteiger partial charge on any atom is -0.394 e. The molecule has 2 aromatic carbocycles. The molecule has 34 heavy (non-hydrogen) atoms. The van der Waals surface area contributed by atoms with Crippen molar-refractivity contribution in [1.82, 2.24) is 10.4 Å². The van der Waals surface area contributed by atoms with Crippen LogP contribution in [-0.4, -0.2) is 70.7 Å². The molecular formula is C23H30F3N3O5. The molecule has 8 nitrogen and oxygen atoms in total. The van der Waals surface area contributed by atoms with Crippen molar-refractivity contribution in [2.75, 3.05) is 38.2 Å². The van der Waals surface area contributed by atoms with Crippen molar-refractivity contribution in [3.05, 3.63) is 58.9 Å². The van der Waals surface area contributed by atoms with Gasteiger partial charge in [-0.25, -0.2) is 13.2 Å². The van der Waals surface area contributed by atoms with Gasteiger partial charge in [0.15, 0.2) is 11.6 Å². The number of aryl methyl sites for hydroxylation is 1. The Balaban J connectivity index is 0.00000199. The van der Waals surface area contributed by atoms with Gasteiger partial charge in [-0.3, -0.25) is 9.63 Å². The van der Waals surface area contributed by atoms with Gasteiger partial charge in [-0.05, 0) is 36.8 Å². The van der Waals surface area contributed by atoms with E-state index < -0.39 is 47.4 Å². The number of hydrogen-bond acceptors (Lipinski definition) is 7. The van der Waals surface area contributed by atoms with Gasteiger partial charge in [0.25, 0.3) is 5.91 Å². The van der Waals surface area contributed by atoms with E-state index in [-0.39, 0.29) is 37.5 Å². The van der Waals surface area contributed by atoms with Crippen LogP contribution in [0.15, 0.2) is 30.3 Å². The molecule has 1 unspecified atom stereocenters. The molecule has 0 aliphatic carbocycles. The van der Waals surface area contributed by atoms with Crippen molar-refractivity contribution in [3.63, 3.8) is 0 Å². The second-order valence-corrected chi connectivity index (χ2v) is 7.75. The maximum Gasteiger partial charge on any atom is 0.256 e. The number of carbonyl (C=O) groups excluding carboxylic acids is 1. The largest absolute Gasteiger partial charge is 0.394 e. The second kappa shape index (κ2) is 12.1. The molecule has 1 fully saturated rings. The summed E-state index contributed by atoms with van der Waals surface area (Å²) in [6, 6.07) is 6.03. The predicted octanol–water partition coefficient (Wildman–Crippen LogP) is 2.24. The molecule has 5 N–H and O–H groups in total. The molecule has 0 bridgehead atoms. The van der Waals surface area contributed by atoms with Crippen molar-refractivity contribution in [2.24, 2.45) is 0 Å². The molecule has 1 heterocycles. The highest BCUT2D eigenvalue weighted by atomic mass is 19.2. The van der Waals surface area contributed by atoms with Crippen LogP contribution in [-0.2, 0) is 4.84 Å². The van der Waals surface area contributed by atoms with Gasteiger partial charge in [-0.1, -0.05) is 19.9 Å². The zero-order chi connectivity index (χ0) is 25.5. The molecule has 0 saturated carbocycles. The van der Waals surface area contributed by atoms with Crippen molar-refractivity contribution >= 4 is 17.3 Å². The van der Waals surface area contributed by atoms with Crippen LogP contribution in [0.1, 0.15) is 29.8 Å². The molecule has 0 spiro atoms. The van der Waals surface area contributed by atoms with Gasteiger partial charge < -0.3 is 25.5 Å². The van der Waals surface area contributed by atoms with Crippen LogP contribution in [0.5, 0.6) is 0 Å². The van der Waals surface area contributed by atoms with E-state index in [4.69, 9.17) is 9.94 Å². The highest BCUT2D eigenvalue weighted by Gasteiger charge is 2.44. The molecular weight excluding hydrogens is 455 g/mol. The third kappa shape index (κ3) is 6.67. The summed E-state index contributed by atoms with van der Waals surface area (Å²) in [6.45, 7) is 4.67. The number of aliphatic hydroxyl groups is 3. The smallest absolute Gasteiger partial charge is 0.256 e. The molecule has 11 heteroatoms. The zero-order valence-corrected chi connectivity index (χ0v) is 19.2. The number of likely N-dealkylation sites (tertiary alicyclic amines) is 1. The van der Waals surface area contributed by atoms with Crippen molar-refractivity contribution in [2.45, 2.75) is 32.5 Å². The summed E-state index contributed by atoms with van der Waals surface area (Å²) in [5, 5.41) is 30.8. The van der Waals surface area contributed by atoms with Gasteiger partial charge >= 0.3 is 0 Å². The first-order valence-electron chi connectivity index (χ1n) is 10.8. The molecule has 1 aliphatic rings. The Bertz CT molecular complexity index is 987. The summed E-state index contributed by atoms with van der Waals surface area (Å²) in [4.78, 5) is 19.0. The fourth-order valence-corrected chi connectivity index (χ4v) is 3.19. The normalized spacial score (nSPS) is 15.1. The molecule has 1 amide bonds.